The van der Waals surface area contributed by atoms with Crippen LogP contribution < -0.4 is 10.2 Å². The standard InChI is InChI=1S/C19H24FN5OS/c1-13-5-6-14(11-16(13)20)21-17(26)12-27-19-23-22-18(25(19)15-7-8-15)24-9-3-2-4-10-24/h5-6,11,15H,2-4,7-10,12H2,1H3,(H,21,26). The lowest BCUT2D eigenvalue weighted by Crippen LogP contribution is -2.32. The van der Waals surface area contributed by atoms with Gasteiger partial charge in [-0.3, -0.25) is 9.36 Å². The van der Waals surface area contributed by atoms with Crippen LogP contribution in [0.15, 0.2) is 23.4 Å². The van der Waals surface area contributed by atoms with E-state index in [4.69, 9.17) is 0 Å². The van der Waals surface area contributed by atoms with E-state index in [1.807, 2.05) is 0 Å². The molecule has 2 aliphatic rings. The first-order valence-electron chi connectivity index (χ1n) is 9.50. The average Bonchev–Trinajstić information content (AvgIpc) is 3.43. The molecule has 1 aliphatic heterocycles. The SMILES string of the molecule is Cc1ccc(NC(=O)CSc2nnc(N3CCCCC3)n2C2CC2)cc1F. The number of aromatic nitrogens is 3. The van der Waals surface area contributed by atoms with Crippen LogP contribution in [-0.2, 0) is 4.79 Å². The summed E-state index contributed by atoms with van der Waals surface area (Å²) in [5, 5.41) is 12.3. The fraction of sp³-hybridized carbons (Fsp3) is 0.526. The minimum absolute atomic E-state index is 0.173. The summed E-state index contributed by atoms with van der Waals surface area (Å²) in [5.74, 6) is 0.675. The Labute approximate surface area is 162 Å². The van der Waals surface area contributed by atoms with Crippen molar-refractivity contribution in [1.82, 2.24) is 14.8 Å². The van der Waals surface area contributed by atoms with Gasteiger partial charge in [-0.1, -0.05) is 17.8 Å². The van der Waals surface area contributed by atoms with Crippen molar-refractivity contribution in [3.63, 3.8) is 0 Å². The lowest BCUT2D eigenvalue weighted by molar-refractivity contribution is -0.113. The Balaban J connectivity index is 1.41. The molecular formula is C19H24FN5OS. The maximum atomic E-state index is 13.6. The number of thioether (sulfide) groups is 1. The molecule has 2 fully saturated rings. The fourth-order valence-corrected chi connectivity index (χ4v) is 4.13. The molecule has 1 amide bonds. The second-order valence-corrected chi connectivity index (χ2v) is 8.17. The highest BCUT2D eigenvalue weighted by Crippen LogP contribution is 2.41. The minimum Gasteiger partial charge on any atom is -0.341 e. The summed E-state index contributed by atoms with van der Waals surface area (Å²) in [6.07, 6.45) is 5.93. The van der Waals surface area contributed by atoms with Crippen molar-refractivity contribution < 1.29 is 9.18 Å². The highest BCUT2D eigenvalue weighted by Gasteiger charge is 2.32. The predicted octanol–water partition coefficient (Wildman–Crippen LogP) is 3.78. The molecule has 4 rings (SSSR count). The molecule has 1 aromatic heterocycles. The number of hydrogen-bond acceptors (Lipinski definition) is 5. The number of anilines is 2. The summed E-state index contributed by atoms with van der Waals surface area (Å²) in [4.78, 5) is 14.6. The van der Waals surface area contributed by atoms with Crippen LogP contribution in [0.25, 0.3) is 0 Å². The van der Waals surface area contributed by atoms with E-state index in [1.165, 1.54) is 37.1 Å². The maximum absolute atomic E-state index is 13.6. The highest BCUT2D eigenvalue weighted by molar-refractivity contribution is 7.99. The minimum atomic E-state index is -0.319. The molecule has 0 bridgehead atoms. The molecule has 1 aliphatic carbocycles. The summed E-state index contributed by atoms with van der Waals surface area (Å²) in [6, 6.07) is 5.17. The molecule has 1 N–H and O–H groups in total. The first kappa shape index (κ1) is 18.3. The predicted molar refractivity (Wildman–Crippen MR) is 105 cm³/mol. The van der Waals surface area contributed by atoms with Crippen molar-refractivity contribution in [3.05, 3.63) is 29.6 Å². The first-order chi connectivity index (χ1) is 13.1. The smallest absolute Gasteiger partial charge is 0.234 e. The van der Waals surface area contributed by atoms with Gasteiger partial charge in [0.15, 0.2) is 5.16 Å². The van der Waals surface area contributed by atoms with E-state index in [1.54, 1.807) is 19.1 Å². The molecular weight excluding hydrogens is 365 g/mol. The molecule has 1 aromatic carbocycles. The summed E-state index contributed by atoms with van der Waals surface area (Å²) in [5.41, 5.74) is 1.03. The second kappa shape index (κ2) is 7.88. The number of nitrogens with one attached hydrogen (secondary N) is 1. The van der Waals surface area contributed by atoms with E-state index in [-0.39, 0.29) is 17.5 Å². The summed E-state index contributed by atoms with van der Waals surface area (Å²) in [6.45, 7) is 3.74. The van der Waals surface area contributed by atoms with Gasteiger partial charge in [0.2, 0.25) is 11.9 Å². The van der Waals surface area contributed by atoms with Crippen LogP contribution in [0.4, 0.5) is 16.0 Å². The van der Waals surface area contributed by atoms with Crippen molar-refractivity contribution >= 4 is 29.3 Å². The Morgan fingerprint density at radius 3 is 2.74 bits per heavy atom. The van der Waals surface area contributed by atoms with Gasteiger partial charge in [-0.25, -0.2) is 4.39 Å². The molecule has 1 saturated carbocycles. The number of benzene rings is 1. The highest BCUT2D eigenvalue weighted by atomic mass is 32.2. The molecule has 1 saturated heterocycles. The second-order valence-electron chi connectivity index (χ2n) is 7.23. The van der Waals surface area contributed by atoms with Crippen molar-refractivity contribution in [2.75, 3.05) is 29.1 Å². The van der Waals surface area contributed by atoms with Gasteiger partial charge in [0.25, 0.3) is 0 Å². The fourth-order valence-electron chi connectivity index (χ4n) is 3.33. The Morgan fingerprint density at radius 1 is 1.26 bits per heavy atom. The van der Waals surface area contributed by atoms with E-state index >= 15 is 0 Å². The van der Waals surface area contributed by atoms with E-state index in [2.05, 4.69) is 25.0 Å². The maximum Gasteiger partial charge on any atom is 0.234 e. The van der Waals surface area contributed by atoms with Gasteiger partial charge < -0.3 is 10.2 Å². The summed E-state index contributed by atoms with van der Waals surface area (Å²) < 4.78 is 15.8. The first-order valence-corrected chi connectivity index (χ1v) is 10.5. The Morgan fingerprint density at radius 2 is 2.04 bits per heavy atom. The van der Waals surface area contributed by atoms with Crippen molar-refractivity contribution in [2.24, 2.45) is 0 Å². The van der Waals surface area contributed by atoms with Crippen molar-refractivity contribution in [3.8, 4) is 0 Å². The Bertz CT molecular complexity index is 830. The lowest BCUT2D eigenvalue weighted by Gasteiger charge is -2.27. The number of hydrogen-bond donors (Lipinski definition) is 1. The molecule has 2 aromatic rings. The molecule has 2 heterocycles. The largest absolute Gasteiger partial charge is 0.341 e. The lowest BCUT2D eigenvalue weighted by atomic mass is 10.1. The zero-order valence-corrected chi connectivity index (χ0v) is 16.3. The Kier molecular flexibility index (Phi) is 5.33. The molecule has 27 heavy (non-hydrogen) atoms. The zero-order valence-electron chi connectivity index (χ0n) is 15.4. The zero-order chi connectivity index (χ0) is 18.8. The van der Waals surface area contributed by atoms with Crippen molar-refractivity contribution in [1.29, 1.82) is 0 Å². The van der Waals surface area contributed by atoms with Crippen LogP contribution >= 0.6 is 11.8 Å². The molecule has 144 valence electrons. The van der Waals surface area contributed by atoms with Crippen LogP contribution in [0.5, 0.6) is 0 Å². The van der Waals surface area contributed by atoms with E-state index in [0.717, 1.165) is 37.0 Å². The van der Waals surface area contributed by atoms with Gasteiger partial charge >= 0.3 is 0 Å². The third-order valence-electron chi connectivity index (χ3n) is 4.99. The number of rotatable bonds is 6. The normalized spacial score (nSPS) is 17.2. The van der Waals surface area contributed by atoms with E-state index in [0.29, 0.717) is 17.3 Å². The summed E-state index contributed by atoms with van der Waals surface area (Å²) in [7, 11) is 0. The monoisotopic (exact) mass is 389 g/mol. The molecule has 8 heteroatoms. The molecule has 0 spiro atoms. The number of nitrogens with zero attached hydrogens (tertiary/aromatic N) is 4. The van der Waals surface area contributed by atoms with Gasteiger partial charge in [0.1, 0.15) is 5.82 Å². The quantitative estimate of drug-likeness (QED) is 0.762. The number of carbonyl (C=O) groups is 1. The van der Waals surface area contributed by atoms with E-state index < -0.39 is 0 Å². The molecule has 0 atom stereocenters. The Hall–Kier alpha value is -2.09. The van der Waals surface area contributed by atoms with E-state index in [9.17, 15) is 9.18 Å². The van der Waals surface area contributed by atoms with Gasteiger partial charge in [0, 0.05) is 24.8 Å². The van der Waals surface area contributed by atoms with Gasteiger partial charge in [-0.15, -0.1) is 10.2 Å². The molecule has 0 radical (unpaired) electrons. The van der Waals surface area contributed by atoms with Crippen LogP contribution in [0, 0.1) is 12.7 Å². The van der Waals surface area contributed by atoms with Crippen LogP contribution in [0.1, 0.15) is 43.7 Å². The molecule has 6 nitrogen and oxygen atoms in total. The number of carbonyl (C=O) groups excluding carboxylic acids is 1. The van der Waals surface area contributed by atoms with Gasteiger partial charge in [-0.2, -0.15) is 0 Å². The summed E-state index contributed by atoms with van der Waals surface area (Å²) >= 11 is 1.39. The van der Waals surface area contributed by atoms with Gasteiger partial charge in [0.05, 0.1) is 5.75 Å². The topological polar surface area (TPSA) is 63.1 Å². The number of amides is 1. The third-order valence-corrected chi connectivity index (χ3v) is 5.93. The van der Waals surface area contributed by atoms with Crippen LogP contribution in [0.2, 0.25) is 0 Å². The van der Waals surface area contributed by atoms with Crippen LogP contribution in [0.3, 0.4) is 0 Å². The number of aryl methyl sites for hydroxylation is 1. The van der Waals surface area contributed by atoms with Gasteiger partial charge in [-0.05, 0) is 56.7 Å². The van der Waals surface area contributed by atoms with Crippen LogP contribution in [-0.4, -0.2) is 39.5 Å². The van der Waals surface area contributed by atoms with Crippen molar-refractivity contribution in [2.45, 2.75) is 50.2 Å². The average molecular weight is 390 g/mol. The number of halogens is 1. The molecule has 0 unspecified atom stereocenters. The third kappa shape index (κ3) is 4.26. The number of piperidine rings is 1.